The Bertz CT molecular complexity index is 883. The lowest BCUT2D eigenvalue weighted by atomic mass is 10.0. The van der Waals surface area contributed by atoms with Crippen LogP contribution in [0.1, 0.15) is 73.4 Å². The lowest BCUT2D eigenvalue weighted by Crippen LogP contribution is -2.22. The quantitative estimate of drug-likeness (QED) is 0.168. The molecule has 6 nitrogen and oxygen atoms in total. The molecular weight excluding hydrogens is 452 g/mol. The van der Waals surface area contributed by atoms with Crippen molar-refractivity contribution in [2.45, 2.75) is 57.5 Å². The number of benzene rings is 2. The highest BCUT2D eigenvalue weighted by atomic mass is 16.3. The van der Waals surface area contributed by atoms with E-state index in [1.54, 1.807) is 60.7 Å². The zero-order valence-electron chi connectivity index (χ0n) is 21.2. The fourth-order valence-corrected chi connectivity index (χ4v) is 3.37. The van der Waals surface area contributed by atoms with Gasteiger partial charge in [0.25, 0.3) is 0 Å². The van der Waals surface area contributed by atoms with E-state index in [9.17, 15) is 19.5 Å². The van der Waals surface area contributed by atoms with E-state index in [0.717, 1.165) is 38.5 Å². The predicted molar refractivity (Wildman–Crippen MR) is 146 cm³/mol. The molecule has 0 heterocycles. The van der Waals surface area contributed by atoms with Crippen molar-refractivity contribution in [2.24, 2.45) is 0 Å². The van der Waals surface area contributed by atoms with Crippen molar-refractivity contribution in [1.82, 2.24) is 10.6 Å². The number of aliphatic hydroxyl groups excluding tert-OH is 1. The van der Waals surface area contributed by atoms with Gasteiger partial charge in [0.1, 0.15) is 6.10 Å². The first-order valence-electron chi connectivity index (χ1n) is 12.6. The SMILES string of the molecule is C=CCNC(=O)CCCCCCCCC(=O)NCC=C.O=C(c1ccccc1)C(O)c1ccccc1. The molecule has 1 atom stereocenters. The van der Waals surface area contributed by atoms with Crippen LogP contribution in [0.4, 0.5) is 0 Å². The van der Waals surface area contributed by atoms with Crippen LogP contribution in [-0.2, 0) is 9.59 Å². The largest absolute Gasteiger partial charge is 0.380 e. The number of carbonyl (C=O) groups is 3. The molecule has 0 spiro atoms. The minimum absolute atomic E-state index is 0.101. The number of aliphatic hydroxyl groups is 1. The predicted octanol–water partition coefficient (Wildman–Crippen LogP) is 5.31. The number of Topliss-reactive ketones (excluding diaryl/α,β-unsaturated/α-hetero) is 1. The van der Waals surface area contributed by atoms with Crippen LogP contribution >= 0.6 is 0 Å². The summed E-state index contributed by atoms with van der Waals surface area (Å²) in [5.74, 6) is -0.0700. The maximum absolute atomic E-state index is 11.9. The van der Waals surface area contributed by atoms with Gasteiger partial charge in [0.05, 0.1) is 0 Å². The molecule has 0 saturated carbocycles. The number of unbranched alkanes of at least 4 members (excludes halogenated alkanes) is 5. The van der Waals surface area contributed by atoms with Crippen LogP contribution in [0.5, 0.6) is 0 Å². The fourth-order valence-electron chi connectivity index (χ4n) is 3.37. The van der Waals surface area contributed by atoms with Gasteiger partial charge in [0, 0.05) is 31.5 Å². The summed E-state index contributed by atoms with van der Waals surface area (Å²) >= 11 is 0. The molecule has 0 aromatic heterocycles. The Morgan fingerprint density at radius 3 is 1.56 bits per heavy atom. The molecule has 0 fully saturated rings. The summed E-state index contributed by atoms with van der Waals surface area (Å²) < 4.78 is 0. The average Bonchev–Trinajstić information content (AvgIpc) is 2.92. The van der Waals surface area contributed by atoms with Crippen molar-refractivity contribution in [3.8, 4) is 0 Å². The van der Waals surface area contributed by atoms with Gasteiger partial charge in [-0.15, -0.1) is 13.2 Å². The molecule has 0 bridgehead atoms. The number of ketones is 1. The van der Waals surface area contributed by atoms with Gasteiger partial charge in [0.15, 0.2) is 5.78 Å². The number of amides is 2. The molecule has 2 aromatic carbocycles. The molecule has 0 aliphatic rings. The monoisotopic (exact) mass is 492 g/mol. The first-order chi connectivity index (χ1) is 17.5. The first-order valence-corrected chi connectivity index (χ1v) is 12.6. The van der Waals surface area contributed by atoms with Crippen molar-refractivity contribution in [3.05, 3.63) is 97.1 Å². The van der Waals surface area contributed by atoms with Crippen LogP contribution in [0.25, 0.3) is 0 Å². The number of hydrogen-bond donors (Lipinski definition) is 3. The van der Waals surface area contributed by atoms with Crippen LogP contribution in [0.3, 0.4) is 0 Å². The van der Waals surface area contributed by atoms with Gasteiger partial charge in [-0.1, -0.05) is 98.5 Å². The fraction of sp³-hybridized carbons (Fsp3) is 0.367. The standard InChI is InChI=1S/C16H28N2O2.C14H12O2/c1-3-13-17-15(19)11-9-7-5-6-8-10-12-16(20)18-14-4-2;15-13(11-7-3-1-4-8-11)14(16)12-9-5-2-6-10-12/h3-4H,1-2,5-14H2,(H,17,19)(H,18,20);1-10,13,15H. The minimum Gasteiger partial charge on any atom is -0.380 e. The van der Waals surface area contributed by atoms with Crippen molar-refractivity contribution in [3.63, 3.8) is 0 Å². The average molecular weight is 493 g/mol. The molecule has 0 aliphatic heterocycles. The highest BCUT2D eigenvalue weighted by Crippen LogP contribution is 2.17. The molecule has 36 heavy (non-hydrogen) atoms. The van der Waals surface area contributed by atoms with E-state index >= 15 is 0 Å². The van der Waals surface area contributed by atoms with Crippen molar-refractivity contribution in [2.75, 3.05) is 13.1 Å². The van der Waals surface area contributed by atoms with Crippen LogP contribution in [0.2, 0.25) is 0 Å². The third kappa shape index (κ3) is 14.0. The third-order valence-electron chi connectivity index (χ3n) is 5.37. The maximum atomic E-state index is 11.9. The van der Waals surface area contributed by atoms with Gasteiger partial charge in [-0.05, 0) is 18.4 Å². The van der Waals surface area contributed by atoms with Gasteiger partial charge < -0.3 is 15.7 Å². The highest BCUT2D eigenvalue weighted by Gasteiger charge is 2.18. The number of carbonyl (C=O) groups excluding carboxylic acids is 3. The second-order valence-electron chi connectivity index (χ2n) is 8.35. The van der Waals surface area contributed by atoms with Crippen LogP contribution in [0, 0.1) is 0 Å². The first kappa shape index (κ1) is 30.5. The Hall–Kier alpha value is -3.51. The summed E-state index contributed by atoms with van der Waals surface area (Å²) in [5, 5.41) is 15.4. The molecule has 2 rings (SSSR count). The molecular formula is C30H40N2O4. The molecule has 2 amide bonds. The van der Waals surface area contributed by atoms with Gasteiger partial charge in [-0.3, -0.25) is 14.4 Å². The Morgan fingerprint density at radius 2 is 1.11 bits per heavy atom. The Balaban J connectivity index is 0.000000367. The van der Waals surface area contributed by atoms with Crippen molar-refractivity contribution in [1.29, 1.82) is 0 Å². The van der Waals surface area contributed by atoms with E-state index in [1.165, 1.54) is 0 Å². The summed E-state index contributed by atoms with van der Waals surface area (Å²) in [6, 6.07) is 17.7. The summed E-state index contributed by atoms with van der Waals surface area (Å²) in [5.41, 5.74) is 1.15. The van der Waals surface area contributed by atoms with Crippen molar-refractivity contribution < 1.29 is 19.5 Å². The lowest BCUT2D eigenvalue weighted by molar-refractivity contribution is -0.121. The van der Waals surface area contributed by atoms with Crippen molar-refractivity contribution >= 4 is 17.6 Å². The molecule has 1 unspecified atom stereocenters. The second kappa shape index (κ2) is 19.8. The summed E-state index contributed by atoms with van der Waals surface area (Å²) in [6.07, 6.45) is 9.75. The van der Waals surface area contributed by atoms with E-state index in [1.807, 2.05) is 12.1 Å². The van der Waals surface area contributed by atoms with Gasteiger partial charge in [-0.2, -0.15) is 0 Å². The van der Waals surface area contributed by atoms with E-state index in [4.69, 9.17) is 0 Å². The molecule has 0 saturated heterocycles. The van der Waals surface area contributed by atoms with Crippen LogP contribution in [0.15, 0.2) is 86.0 Å². The smallest absolute Gasteiger partial charge is 0.220 e. The Kier molecular flexibility index (Phi) is 16.8. The van der Waals surface area contributed by atoms with Crippen LogP contribution < -0.4 is 10.6 Å². The summed E-state index contributed by atoms with van der Waals surface area (Å²) in [4.78, 5) is 34.5. The zero-order chi connectivity index (χ0) is 26.4. The van der Waals surface area contributed by atoms with E-state index in [-0.39, 0.29) is 17.6 Å². The van der Waals surface area contributed by atoms with Gasteiger partial charge in [-0.25, -0.2) is 0 Å². The molecule has 194 valence electrons. The highest BCUT2D eigenvalue weighted by molar-refractivity contribution is 5.99. The van der Waals surface area contributed by atoms with E-state index in [2.05, 4.69) is 23.8 Å². The van der Waals surface area contributed by atoms with Crippen LogP contribution in [-0.4, -0.2) is 35.8 Å². The Morgan fingerprint density at radius 1 is 0.694 bits per heavy atom. The van der Waals surface area contributed by atoms with E-state index in [0.29, 0.717) is 37.1 Å². The number of hydrogen-bond acceptors (Lipinski definition) is 4. The minimum atomic E-state index is -1.08. The lowest BCUT2D eigenvalue weighted by Gasteiger charge is -2.09. The molecule has 0 radical (unpaired) electrons. The Labute approximate surface area is 215 Å². The van der Waals surface area contributed by atoms with Gasteiger partial charge in [0.2, 0.25) is 11.8 Å². The molecule has 6 heteroatoms. The molecule has 3 N–H and O–H groups in total. The normalized spacial score (nSPS) is 10.8. The number of nitrogens with one attached hydrogen (secondary N) is 2. The van der Waals surface area contributed by atoms with E-state index < -0.39 is 6.10 Å². The summed E-state index contributed by atoms with van der Waals surface area (Å²) in [7, 11) is 0. The molecule has 0 aliphatic carbocycles. The summed E-state index contributed by atoms with van der Waals surface area (Å²) in [6.45, 7) is 8.20. The number of rotatable bonds is 16. The maximum Gasteiger partial charge on any atom is 0.220 e. The zero-order valence-corrected chi connectivity index (χ0v) is 21.2. The topological polar surface area (TPSA) is 95.5 Å². The molecule has 2 aromatic rings. The third-order valence-corrected chi connectivity index (χ3v) is 5.37. The van der Waals surface area contributed by atoms with Gasteiger partial charge >= 0.3 is 0 Å². The second-order valence-corrected chi connectivity index (χ2v) is 8.35.